The average Bonchev–Trinajstić information content (AvgIpc) is 3.20. The third-order valence-corrected chi connectivity index (χ3v) is 9.41. The molecule has 0 radical (unpaired) electrons. The number of aryl methyl sites for hydroxylation is 2. The summed E-state index contributed by atoms with van der Waals surface area (Å²) in [5.74, 6) is 0. The summed E-state index contributed by atoms with van der Waals surface area (Å²) in [6.45, 7) is 4.24. The average molecular weight is 656 g/mol. The Kier molecular flexibility index (Phi) is 8.76. The molecular weight excluding hydrogens is 619 g/mol. The highest BCUT2D eigenvalue weighted by atomic mass is 15.1. The highest BCUT2D eigenvalue weighted by Gasteiger charge is 2.19. The summed E-state index contributed by atoms with van der Waals surface area (Å²) < 4.78 is 0. The van der Waals surface area contributed by atoms with Crippen molar-refractivity contribution in [2.24, 2.45) is 0 Å². The molecule has 0 bridgehead atoms. The molecule has 0 amide bonds. The van der Waals surface area contributed by atoms with Crippen LogP contribution in [0.5, 0.6) is 0 Å². The maximum absolute atomic E-state index is 4.91. The van der Waals surface area contributed by atoms with Gasteiger partial charge in [-0.05, 0) is 95.3 Å². The fraction of sp³-hybridized carbons (Fsp3) is 0.0417. The van der Waals surface area contributed by atoms with Crippen molar-refractivity contribution in [2.45, 2.75) is 13.8 Å². The van der Waals surface area contributed by atoms with E-state index in [1.807, 2.05) is 12.4 Å². The van der Waals surface area contributed by atoms with Gasteiger partial charge in [0.05, 0.1) is 17.1 Å². The molecule has 244 valence electrons. The molecule has 0 saturated heterocycles. The molecule has 51 heavy (non-hydrogen) atoms. The van der Waals surface area contributed by atoms with Crippen molar-refractivity contribution in [3.8, 4) is 55.9 Å². The van der Waals surface area contributed by atoms with Gasteiger partial charge in [-0.25, -0.2) is 0 Å². The van der Waals surface area contributed by atoms with Crippen LogP contribution in [-0.2, 0) is 0 Å². The summed E-state index contributed by atoms with van der Waals surface area (Å²) in [6, 6.07) is 62.1. The molecule has 0 N–H and O–H groups in total. The Labute approximate surface area is 300 Å². The van der Waals surface area contributed by atoms with Crippen molar-refractivity contribution in [3.05, 3.63) is 199 Å². The van der Waals surface area contributed by atoms with E-state index < -0.39 is 0 Å². The molecule has 0 aliphatic heterocycles. The van der Waals surface area contributed by atoms with Gasteiger partial charge in [-0.1, -0.05) is 133 Å². The molecule has 0 atom stereocenters. The topological polar surface area (TPSA) is 29.0 Å². The molecule has 0 fully saturated rings. The quantitative estimate of drug-likeness (QED) is 0.163. The smallest absolute Gasteiger partial charge is 0.0709 e. The van der Waals surface area contributed by atoms with E-state index in [0.717, 1.165) is 61.8 Å². The van der Waals surface area contributed by atoms with Crippen molar-refractivity contribution in [2.75, 3.05) is 4.90 Å². The first-order valence-corrected chi connectivity index (χ1v) is 17.3. The van der Waals surface area contributed by atoms with Crippen molar-refractivity contribution < 1.29 is 0 Å². The number of nitrogens with zero attached hydrogens (tertiary/aromatic N) is 3. The summed E-state index contributed by atoms with van der Waals surface area (Å²) >= 11 is 0. The van der Waals surface area contributed by atoms with Gasteiger partial charge in [0.25, 0.3) is 0 Å². The Morgan fingerprint density at radius 3 is 1.22 bits per heavy atom. The van der Waals surface area contributed by atoms with Crippen LogP contribution in [0.25, 0.3) is 55.9 Å². The SMILES string of the molecule is Cc1cnc(-c2cccc(N(c3cccc(-c4cc(-c5ccccc5)c(C)cn4)c3)c3ccccc3-c3ccccc3)c2)cc1-c1ccccc1. The number of anilines is 3. The molecule has 0 aliphatic rings. The van der Waals surface area contributed by atoms with Crippen LogP contribution in [0.1, 0.15) is 11.1 Å². The van der Waals surface area contributed by atoms with Crippen LogP contribution in [0.15, 0.2) is 188 Å². The molecule has 0 spiro atoms. The third kappa shape index (κ3) is 6.58. The van der Waals surface area contributed by atoms with Gasteiger partial charge in [-0.15, -0.1) is 0 Å². The largest absolute Gasteiger partial charge is 0.310 e. The number of para-hydroxylation sites is 1. The van der Waals surface area contributed by atoms with Crippen molar-refractivity contribution >= 4 is 17.1 Å². The summed E-state index contributed by atoms with van der Waals surface area (Å²) in [4.78, 5) is 12.2. The van der Waals surface area contributed by atoms with E-state index >= 15 is 0 Å². The summed E-state index contributed by atoms with van der Waals surface area (Å²) in [5, 5.41) is 0. The van der Waals surface area contributed by atoms with Crippen LogP contribution >= 0.6 is 0 Å². The van der Waals surface area contributed by atoms with E-state index in [2.05, 4.69) is 195 Å². The highest BCUT2D eigenvalue weighted by Crippen LogP contribution is 2.43. The van der Waals surface area contributed by atoms with E-state index in [1.165, 1.54) is 22.3 Å². The van der Waals surface area contributed by atoms with Gasteiger partial charge in [-0.3, -0.25) is 9.97 Å². The zero-order chi connectivity index (χ0) is 34.6. The van der Waals surface area contributed by atoms with Crippen LogP contribution in [0.2, 0.25) is 0 Å². The number of hydrogen-bond donors (Lipinski definition) is 0. The first-order chi connectivity index (χ1) is 25.1. The molecule has 2 aromatic heterocycles. The Balaban J connectivity index is 1.28. The lowest BCUT2D eigenvalue weighted by atomic mass is 9.98. The van der Waals surface area contributed by atoms with Gasteiger partial charge in [0.2, 0.25) is 0 Å². The number of hydrogen-bond acceptors (Lipinski definition) is 3. The lowest BCUT2D eigenvalue weighted by molar-refractivity contribution is 1.25. The number of aromatic nitrogens is 2. The Morgan fingerprint density at radius 2 is 0.745 bits per heavy atom. The first kappa shape index (κ1) is 31.7. The molecule has 3 nitrogen and oxygen atoms in total. The van der Waals surface area contributed by atoms with Gasteiger partial charge < -0.3 is 4.90 Å². The van der Waals surface area contributed by atoms with Crippen LogP contribution < -0.4 is 4.90 Å². The number of benzene rings is 6. The van der Waals surface area contributed by atoms with Crippen LogP contribution in [0.3, 0.4) is 0 Å². The third-order valence-electron chi connectivity index (χ3n) is 9.41. The summed E-state index contributed by atoms with van der Waals surface area (Å²) in [6.07, 6.45) is 3.96. The molecular formula is C48H37N3. The molecule has 0 aliphatic carbocycles. The van der Waals surface area contributed by atoms with Gasteiger partial charge in [-0.2, -0.15) is 0 Å². The molecule has 6 aromatic carbocycles. The predicted molar refractivity (Wildman–Crippen MR) is 213 cm³/mol. The summed E-state index contributed by atoms with van der Waals surface area (Å²) in [5.41, 5.74) is 16.5. The van der Waals surface area contributed by atoms with Gasteiger partial charge in [0.15, 0.2) is 0 Å². The van der Waals surface area contributed by atoms with Crippen LogP contribution in [0, 0.1) is 13.8 Å². The van der Waals surface area contributed by atoms with E-state index in [9.17, 15) is 0 Å². The minimum atomic E-state index is 0.934. The fourth-order valence-corrected chi connectivity index (χ4v) is 6.79. The van der Waals surface area contributed by atoms with E-state index in [0.29, 0.717) is 0 Å². The Bertz CT molecular complexity index is 2300. The second-order valence-electron chi connectivity index (χ2n) is 12.8. The second-order valence-corrected chi connectivity index (χ2v) is 12.8. The van der Waals surface area contributed by atoms with Crippen LogP contribution in [-0.4, -0.2) is 9.97 Å². The van der Waals surface area contributed by atoms with Crippen molar-refractivity contribution in [3.63, 3.8) is 0 Å². The molecule has 8 rings (SSSR count). The Hall–Kier alpha value is -6.58. The monoisotopic (exact) mass is 655 g/mol. The molecule has 8 aromatic rings. The van der Waals surface area contributed by atoms with Crippen molar-refractivity contribution in [1.82, 2.24) is 9.97 Å². The van der Waals surface area contributed by atoms with Gasteiger partial charge in [0, 0.05) is 40.5 Å². The van der Waals surface area contributed by atoms with E-state index in [4.69, 9.17) is 9.97 Å². The van der Waals surface area contributed by atoms with E-state index in [-0.39, 0.29) is 0 Å². The van der Waals surface area contributed by atoms with E-state index in [1.54, 1.807) is 0 Å². The molecule has 0 saturated carbocycles. The Morgan fingerprint density at radius 1 is 0.353 bits per heavy atom. The van der Waals surface area contributed by atoms with Crippen LogP contribution in [0.4, 0.5) is 17.1 Å². The predicted octanol–water partition coefficient (Wildman–Crippen LogP) is 12.9. The van der Waals surface area contributed by atoms with Crippen molar-refractivity contribution in [1.29, 1.82) is 0 Å². The van der Waals surface area contributed by atoms with Gasteiger partial charge in [0.1, 0.15) is 0 Å². The number of pyridine rings is 2. The normalized spacial score (nSPS) is 10.9. The maximum Gasteiger partial charge on any atom is 0.0709 e. The summed E-state index contributed by atoms with van der Waals surface area (Å²) in [7, 11) is 0. The fourth-order valence-electron chi connectivity index (χ4n) is 6.79. The number of rotatable bonds is 8. The first-order valence-electron chi connectivity index (χ1n) is 17.3. The standard InChI is InChI=1S/C48H37N3/c1-34-32-49-46(30-44(34)37-18-8-4-9-19-37)39-22-14-24-41(28-39)51(48-27-13-12-26-43(48)36-16-6-3-7-17-36)42-25-15-23-40(29-42)47-31-45(35(2)33-50-47)38-20-10-5-11-21-38/h3-33H,1-2H3. The second kappa shape index (κ2) is 14.1. The zero-order valence-electron chi connectivity index (χ0n) is 28.7. The lowest BCUT2D eigenvalue weighted by Crippen LogP contribution is -2.11. The molecule has 0 unspecified atom stereocenters. The minimum Gasteiger partial charge on any atom is -0.310 e. The highest BCUT2D eigenvalue weighted by molar-refractivity contribution is 5.90. The maximum atomic E-state index is 4.91. The van der Waals surface area contributed by atoms with Gasteiger partial charge >= 0.3 is 0 Å². The zero-order valence-corrected chi connectivity index (χ0v) is 28.7. The minimum absolute atomic E-state index is 0.934. The molecule has 3 heteroatoms. The molecule has 2 heterocycles. The lowest BCUT2D eigenvalue weighted by Gasteiger charge is -2.28.